The first-order valence-corrected chi connectivity index (χ1v) is 8.77. The number of nitrogens with one attached hydrogen (secondary N) is 1. The normalized spacial score (nSPS) is 24.0. The van der Waals surface area contributed by atoms with Gasteiger partial charge in [-0.25, -0.2) is 4.98 Å². The van der Waals surface area contributed by atoms with Gasteiger partial charge in [-0.15, -0.1) is 0 Å². The van der Waals surface area contributed by atoms with Gasteiger partial charge in [0.2, 0.25) is 0 Å². The van der Waals surface area contributed by atoms with Gasteiger partial charge in [0.1, 0.15) is 5.82 Å². The van der Waals surface area contributed by atoms with Gasteiger partial charge in [0.25, 0.3) is 0 Å². The number of carbonyl (C=O) groups is 1. The molecule has 2 aliphatic rings. The van der Waals surface area contributed by atoms with E-state index < -0.39 is 5.97 Å². The number of aryl methyl sites for hydroxylation is 2. The average Bonchev–Trinajstić information content (AvgIpc) is 3.19. The standard InChI is InChI=1S/C19H23N3O2/c23-19(24)15-11-22(10-14(15)13-6-2-1-3-7-13)12-18-20-16-8-4-5-9-17(16)21-18/h1-3,6-7,14-15H,4-5,8-12H2,(H,20,21)(H,23,24)/t14-,15+/m0/s1. The van der Waals surface area contributed by atoms with Crippen LogP contribution in [-0.2, 0) is 24.2 Å². The Morgan fingerprint density at radius 2 is 2.00 bits per heavy atom. The van der Waals surface area contributed by atoms with Crippen molar-refractivity contribution in [1.29, 1.82) is 0 Å². The monoisotopic (exact) mass is 325 g/mol. The molecule has 0 bridgehead atoms. The SMILES string of the molecule is O=C(O)[C@@H]1CN(Cc2nc3c([nH]2)CCCC3)C[C@H]1c1ccccc1. The number of hydrogen-bond acceptors (Lipinski definition) is 3. The van der Waals surface area contributed by atoms with Crippen molar-refractivity contribution in [2.75, 3.05) is 13.1 Å². The molecule has 1 aliphatic carbocycles. The smallest absolute Gasteiger partial charge is 0.308 e. The number of aromatic nitrogens is 2. The third-order valence-corrected chi connectivity index (χ3v) is 5.32. The van der Waals surface area contributed by atoms with Crippen LogP contribution in [0.15, 0.2) is 30.3 Å². The molecule has 4 rings (SSSR count). The summed E-state index contributed by atoms with van der Waals surface area (Å²) in [6, 6.07) is 10.0. The number of likely N-dealkylation sites (tertiary alicyclic amines) is 1. The predicted molar refractivity (Wildman–Crippen MR) is 90.8 cm³/mol. The first-order chi connectivity index (χ1) is 11.7. The van der Waals surface area contributed by atoms with E-state index >= 15 is 0 Å². The molecule has 0 unspecified atom stereocenters. The van der Waals surface area contributed by atoms with Gasteiger partial charge in [0.05, 0.1) is 18.2 Å². The first kappa shape index (κ1) is 15.4. The molecule has 1 aliphatic heterocycles. The molecule has 1 fully saturated rings. The molecule has 1 aromatic carbocycles. The summed E-state index contributed by atoms with van der Waals surface area (Å²) < 4.78 is 0. The minimum absolute atomic E-state index is 0.0493. The van der Waals surface area contributed by atoms with Gasteiger partial charge in [-0.2, -0.15) is 0 Å². The zero-order chi connectivity index (χ0) is 16.5. The number of benzene rings is 1. The summed E-state index contributed by atoms with van der Waals surface area (Å²) in [4.78, 5) is 22.1. The maximum atomic E-state index is 11.7. The summed E-state index contributed by atoms with van der Waals surface area (Å²) in [7, 11) is 0. The summed E-state index contributed by atoms with van der Waals surface area (Å²) in [6.07, 6.45) is 4.61. The summed E-state index contributed by atoms with van der Waals surface area (Å²) in [6.45, 7) is 2.06. The van der Waals surface area contributed by atoms with Crippen molar-refractivity contribution in [2.24, 2.45) is 5.92 Å². The predicted octanol–water partition coefficient (Wildman–Crippen LogP) is 2.59. The van der Waals surface area contributed by atoms with Crippen molar-refractivity contribution >= 4 is 5.97 Å². The largest absolute Gasteiger partial charge is 0.481 e. The number of carboxylic acids is 1. The number of H-pyrrole nitrogens is 1. The Balaban J connectivity index is 1.50. The van der Waals surface area contributed by atoms with Crippen molar-refractivity contribution in [3.05, 3.63) is 53.1 Å². The Bertz CT molecular complexity index is 702. The van der Waals surface area contributed by atoms with E-state index in [2.05, 4.69) is 9.88 Å². The lowest BCUT2D eigenvalue weighted by molar-refractivity contribution is -0.141. The highest BCUT2D eigenvalue weighted by Gasteiger charge is 2.38. The van der Waals surface area contributed by atoms with Crippen LogP contribution < -0.4 is 0 Å². The summed E-state index contributed by atoms with van der Waals surface area (Å²) in [5.41, 5.74) is 3.61. The van der Waals surface area contributed by atoms with Crippen molar-refractivity contribution in [3.63, 3.8) is 0 Å². The Kier molecular flexibility index (Phi) is 4.10. The zero-order valence-electron chi connectivity index (χ0n) is 13.7. The molecule has 1 aromatic heterocycles. The van der Waals surface area contributed by atoms with Gasteiger partial charge in [-0.05, 0) is 31.2 Å². The molecule has 126 valence electrons. The van der Waals surface area contributed by atoms with Gasteiger partial charge in [0.15, 0.2) is 0 Å². The lowest BCUT2D eigenvalue weighted by Gasteiger charge is -2.15. The Morgan fingerprint density at radius 1 is 1.21 bits per heavy atom. The lowest BCUT2D eigenvalue weighted by atomic mass is 9.89. The fourth-order valence-electron chi connectivity index (χ4n) is 4.10. The van der Waals surface area contributed by atoms with Crippen LogP contribution in [-0.4, -0.2) is 39.0 Å². The summed E-state index contributed by atoms with van der Waals surface area (Å²) in [5.74, 6) is -0.0184. The van der Waals surface area contributed by atoms with Crippen molar-refractivity contribution in [1.82, 2.24) is 14.9 Å². The Labute approximate surface area is 141 Å². The number of aliphatic carboxylic acids is 1. The van der Waals surface area contributed by atoms with Gasteiger partial charge in [0, 0.05) is 24.7 Å². The van der Waals surface area contributed by atoms with Gasteiger partial charge in [-0.1, -0.05) is 30.3 Å². The van der Waals surface area contributed by atoms with Crippen LogP contribution in [0.25, 0.3) is 0 Å². The van der Waals surface area contributed by atoms with Crippen LogP contribution in [0, 0.1) is 5.92 Å². The molecule has 5 heteroatoms. The van der Waals surface area contributed by atoms with Crippen LogP contribution in [0.4, 0.5) is 0 Å². The summed E-state index contributed by atoms with van der Waals surface area (Å²) >= 11 is 0. The van der Waals surface area contributed by atoms with Gasteiger partial charge < -0.3 is 10.1 Å². The van der Waals surface area contributed by atoms with E-state index in [0.29, 0.717) is 13.1 Å². The second-order valence-corrected chi connectivity index (χ2v) is 6.97. The van der Waals surface area contributed by atoms with E-state index in [-0.39, 0.29) is 11.8 Å². The number of nitrogens with zero attached hydrogens (tertiary/aromatic N) is 2. The zero-order valence-corrected chi connectivity index (χ0v) is 13.7. The molecule has 2 heterocycles. The third kappa shape index (κ3) is 2.96. The first-order valence-electron chi connectivity index (χ1n) is 8.77. The molecular formula is C19H23N3O2. The molecule has 2 N–H and O–H groups in total. The maximum absolute atomic E-state index is 11.7. The third-order valence-electron chi connectivity index (χ3n) is 5.32. The van der Waals surface area contributed by atoms with Crippen LogP contribution in [0.1, 0.15) is 41.5 Å². The highest BCUT2D eigenvalue weighted by molar-refractivity contribution is 5.72. The average molecular weight is 325 g/mol. The number of hydrogen-bond donors (Lipinski definition) is 2. The number of carboxylic acid groups (broad SMARTS) is 1. The van der Waals surface area contributed by atoms with E-state index in [1.54, 1.807) is 0 Å². The fraction of sp³-hybridized carbons (Fsp3) is 0.474. The van der Waals surface area contributed by atoms with E-state index in [9.17, 15) is 9.90 Å². The van der Waals surface area contributed by atoms with E-state index in [4.69, 9.17) is 4.98 Å². The van der Waals surface area contributed by atoms with E-state index in [1.807, 2.05) is 30.3 Å². The minimum Gasteiger partial charge on any atom is -0.481 e. The van der Waals surface area contributed by atoms with Crippen LogP contribution >= 0.6 is 0 Å². The van der Waals surface area contributed by atoms with Crippen LogP contribution in [0.2, 0.25) is 0 Å². The molecule has 0 spiro atoms. The number of fused-ring (bicyclic) bond motifs is 1. The second-order valence-electron chi connectivity index (χ2n) is 6.97. The number of rotatable bonds is 4. The van der Waals surface area contributed by atoms with Crippen molar-refractivity contribution in [3.8, 4) is 0 Å². The maximum Gasteiger partial charge on any atom is 0.308 e. The fourth-order valence-corrected chi connectivity index (χ4v) is 4.10. The highest BCUT2D eigenvalue weighted by Crippen LogP contribution is 2.33. The molecular weight excluding hydrogens is 302 g/mol. The topological polar surface area (TPSA) is 69.2 Å². The van der Waals surface area contributed by atoms with Gasteiger partial charge in [-0.3, -0.25) is 9.69 Å². The molecule has 0 radical (unpaired) electrons. The number of imidazole rings is 1. The lowest BCUT2D eigenvalue weighted by Crippen LogP contribution is -2.23. The molecule has 5 nitrogen and oxygen atoms in total. The quantitative estimate of drug-likeness (QED) is 0.906. The van der Waals surface area contributed by atoms with Crippen molar-refractivity contribution in [2.45, 2.75) is 38.1 Å². The molecule has 24 heavy (non-hydrogen) atoms. The summed E-state index contributed by atoms with van der Waals surface area (Å²) in [5, 5.41) is 9.61. The highest BCUT2D eigenvalue weighted by atomic mass is 16.4. The molecule has 0 amide bonds. The van der Waals surface area contributed by atoms with E-state index in [0.717, 1.165) is 30.8 Å². The Morgan fingerprint density at radius 3 is 2.75 bits per heavy atom. The minimum atomic E-state index is -0.704. The van der Waals surface area contributed by atoms with Crippen molar-refractivity contribution < 1.29 is 9.90 Å². The Hall–Kier alpha value is -2.14. The molecule has 2 atom stereocenters. The number of aromatic amines is 1. The molecule has 1 saturated heterocycles. The van der Waals surface area contributed by atoms with E-state index in [1.165, 1.54) is 24.2 Å². The van der Waals surface area contributed by atoms with Crippen LogP contribution in [0.3, 0.4) is 0 Å². The second kappa shape index (κ2) is 6.40. The molecule has 2 aromatic rings. The van der Waals surface area contributed by atoms with Crippen LogP contribution in [0.5, 0.6) is 0 Å². The molecule has 0 saturated carbocycles. The van der Waals surface area contributed by atoms with Gasteiger partial charge >= 0.3 is 5.97 Å².